The van der Waals surface area contributed by atoms with Crippen molar-refractivity contribution in [2.45, 2.75) is 360 Å². The summed E-state index contributed by atoms with van der Waals surface area (Å²) in [5, 5.41) is 23.4. The molecule has 0 aliphatic heterocycles. The standard InChI is InChI=1S/C66H125NO5/c1-3-5-7-9-11-13-15-17-19-21-22-23-24-25-27-30-34-38-42-46-50-54-58-64(69)63(62-68)67-65(70)59-55-51-47-43-39-35-31-28-26-29-33-37-41-45-49-53-57-61-72-66(71)60-56-52-48-44-40-36-32-20-18-16-14-12-10-8-6-4-2/h14,16,20,26,29,32,63-64,68-69H,3-13,15,17-19,21-25,27-28,30-31,33-62H2,1-2H3,(H,67,70)/b16-14-,29-26-,32-20-. The van der Waals surface area contributed by atoms with E-state index < -0.39 is 12.1 Å². The van der Waals surface area contributed by atoms with Gasteiger partial charge in [-0.3, -0.25) is 9.59 Å². The molecule has 0 saturated carbocycles. The number of rotatable bonds is 60. The Morgan fingerprint density at radius 2 is 0.694 bits per heavy atom. The molecule has 0 fully saturated rings. The lowest BCUT2D eigenvalue weighted by Gasteiger charge is -2.22. The maximum atomic E-state index is 12.5. The molecule has 0 aliphatic carbocycles. The van der Waals surface area contributed by atoms with E-state index in [-0.39, 0.29) is 18.5 Å². The van der Waals surface area contributed by atoms with E-state index in [1.165, 1.54) is 250 Å². The van der Waals surface area contributed by atoms with Crippen LogP contribution in [0.5, 0.6) is 0 Å². The van der Waals surface area contributed by atoms with Gasteiger partial charge in [0.05, 0.1) is 25.4 Å². The van der Waals surface area contributed by atoms with Crippen LogP contribution in [0.3, 0.4) is 0 Å². The van der Waals surface area contributed by atoms with Crippen LogP contribution in [0.4, 0.5) is 0 Å². The Kier molecular flexibility index (Phi) is 60.0. The molecule has 2 atom stereocenters. The maximum Gasteiger partial charge on any atom is 0.305 e. The molecular formula is C66H125NO5. The molecule has 2 unspecified atom stereocenters. The monoisotopic (exact) mass is 1010 g/mol. The molecule has 0 bridgehead atoms. The zero-order chi connectivity index (χ0) is 52.2. The van der Waals surface area contributed by atoms with Gasteiger partial charge in [0.2, 0.25) is 5.91 Å². The van der Waals surface area contributed by atoms with Gasteiger partial charge in [-0.1, -0.05) is 288 Å². The fraction of sp³-hybridized carbons (Fsp3) is 0.879. The Bertz CT molecular complexity index is 1170. The van der Waals surface area contributed by atoms with E-state index in [1.807, 2.05) is 0 Å². The van der Waals surface area contributed by atoms with E-state index in [9.17, 15) is 19.8 Å². The predicted molar refractivity (Wildman–Crippen MR) is 315 cm³/mol. The molecule has 0 radical (unpaired) electrons. The third-order valence-corrected chi connectivity index (χ3v) is 14.9. The van der Waals surface area contributed by atoms with Gasteiger partial charge in [0.1, 0.15) is 0 Å². The number of aliphatic hydroxyl groups is 2. The van der Waals surface area contributed by atoms with Gasteiger partial charge < -0.3 is 20.3 Å². The summed E-state index contributed by atoms with van der Waals surface area (Å²) < 4.78 is 5.47. The molecule has 0 aromatic rings. The molecule has 0 aromatic carbocycles. The highest BCUT2D eigenvalue weighted by molar-refractivity contribution is 5.76. The second kappa shape index (κ2) is 61.6. The van der Waals surface area contributed by atoms with Crippen LogP contribution in [0.15, 0.2) is 36.5 Å². The lowest BCUT2D eigenvalue weighted by molar-refractivity contribution is -0.143. The molecule has 0 saturated heterocycles. The number of allylic oxidation sites excluding steroid dienone is 6. The number of esters is 1. The molecule has 0 spiro atoms. The van der Waals surface area contributed by atoms with Gasteiger partial charge in [0, 0.05) is 12.8 Å². The van der Waals surface area contributed by atoms with Crippen molar-refractivity contribution in [3.63, 3.8) is 0 Å². The van der Waals surface area contributed by atoms with E-state index in [2.05, 4.69) is 55.6 Å². The minimum absolute atomic E-state index is 0.0147. The maximum absolute atomic E-state index is 12.5. The highest BCUT2D eigenvalue weighted by Gasteiger charge is 2.20. The Hall–Kier alpha value is -1.92. The summed E-state index contributed by atoms with van der Waals surface area (Å²) in [4.78, 5) is 24.6. The fourth-order valence-corrected chi connectivity index (χ4v) is 9.96. The molecule has 0 rings (SSSR count). The minimum Gasteiger partial charge on any atom is -0.466 e. The Morgan fingerprint density at radius 1 is 0.389 bits per heavy atom. The average molecular weight is 1010 g/mol. The third-order valence-electron chi connectivity index (χ3n) is 14.9. The van der Waals surface area contributed by atoms with Gasteiger partial charge in [-0.15, -0.1) is 0 Å². The van der Waals surface area contributed by atoms with Crippen molar-refractivity contribution in [1.29, 1.82) is 0 Å². The molecule has 1 amide bonds. The van der Waals surface area contributed by atoms with Crippen molar-refractivity contribution in [3.05, 3.63) is 36.5 Å². The summed E-state index contributed by atoms with van der Waals surface area (Å²) in [6, 6.07) is -0.553. The Labute approximate surface area is 449 Å². The number of aliphatic hydroxyl groups excluding tert-OH is 2. The largest absolute Gasteiger partial charge is 0.466 e. The summed E-state index contributed by atoms with van der Waals surface area (Å²) in [6.07, 6.45) is 77.2. The Morgan fingerprint density at radius 3 is 1.08 bits per heavy atom. The van der Waals surface area contributed by atoms with E-state index in [1.54, 1.807) is 0 Å². The van der Waals surface area contributed by atoms with Crippen LogP contribution in [0, 0.1) is 0 Å². The number of hydrogen-bond acceptors (Lipinski definition) is 5. The van der Waals surface area contributed by atoms with Crippen LogP contribution < -0.4 is 5.32 Å². The fourth-order valence-electron chi connectivity index (χ4n) is 9.96. The van der Waals surface area contributed by atoms with E-state index >= 15 is 0 Å². The quantitative estimate of drug-likeness (QED) is 0.0320. The van der Waals surface area contributed by atoms with E-state index in [0.717, 1.165) is 64.2 Å². The highest BCUT2D eigenvalue weighted by Crippen LogP contribution is 2.18. The average Bonchev–Trinajstić information content (AvgIpc) is 3.38. The number of carbonyl (C=O) groups is 2. The number of carbonyl (C=O) groups excluding carboxylic acids is 2. The lowest BCUT2D eigenvalue weighted by atomic mass is 10.0. The van der Waals surface area contributed by atoms with Crippen molar-refractivity contribution in [1.82, 2.24) is 5.32 Å². The molecule has 72 heavy (non-hydrogen) atoms. The number of ether oxygens (including phenoxy) is 1. The summed E-state index contributed by atoms with van der Waals surface area (Å²) in [5.74, 6) is -0.0592. The van der Waals surface area contributed by atoms with Gasteiger partial charge in [-0.2, -0.15) is 0 Å². The predicted octanol–water partition coefficient (Wildman–Crippen LogP) is 20.4. The zero-order valence-electron chi connectivity index (χ0n) is 48.4. The minimum atomic E-state index is -0.674. The van der Waals surface area contributed by atoms with E-state index in [0.29, 0.717) is 25.9 Å². The smallest absolute Gasteiger partial charge is 0.305 e. The molecular weight excluding hydrogens is 887 g/mol. The first-order valence-electron chi connectivity index (χ1n) is 32.2. The second-order valence-electron chi connectivity index (χ2n) is 22.1. The lowest BCUT2D eigenvalue weighted by Crippen LogP contribution is -2.45. The molecule has 0 aliphatic rings. The van der Waals surface area contributed by atoms with Crippen LogP contribution >= 0.6 is 0 Å². The number of amides is 1. The molecule has 6 nitrogen and oxygen atoms in total. The van der Waals surface area contributed by atoms with Gasteiger partial charge >= 0.3 is 5.97 Å². The molecule has 0 aromatic heterocycles. The summed E-state index contributed by atoms with van der Waals surface area (Å²) >= 11 is 0. The number of nitrogens with one attached hydrogen (secondary N) is 1. The molecule has 3 N–H and O–H groups in total. The van der Waals surface area contributed by atoms with Crippen molar-refractivity contribution >= 4 is 11.9 Å². The first-order valence-corrected chi connectivity index (χ1v) is 32.2. The zero-order valence-corrected chi connectivity index (χ0v) is 48.4. The third kappa shape index (κ3) is 57.4. The highest BCUT2D eigenvalue weighted by atomic mass is 16.5. The van der Waals surface area contributed by atoms with Crippen LogP contribution in [-0.2, 0) is 14.3 Å². The number of hydrogen-bond donors (Lipinski definition) is 3. The summed E-state index contributed by atoms with van der Waals surface area (Å²) in [5.41, 5.74) is 0. The second-order valence-corrected chi connectivity index (χ2v) is 22.1. The van der Waals surface area contributed by atoms with Crippen molar-refractivity contribution in [2.24, 2.45) is 0 Å². The molecule has 424 valence electrons. The van der Waals surface area contributed by atoms with Gasteiger partial charge in [0.15, 0.2) is 0 Å². The van der Waals surface area contributed by atoms with E-state index in [4.69, 9.17) is 4.74 Å². The van der Waals surface area contributed by atoms with Crippen molar-refractivity contribution < 1.29 is 24.5 Å². The molecule has 0 heterocycles. The first kappa shape index (κ1) is 70.1. The first-order chi connectivity index (χ1) is 35.5. The number of unbranched alkanes of at least 4 members (excludes halogenated alkanes) is 43. The van der Waals surface area contributed by atoms with Crippen LogP contribution in [0.1, 0.15) is 348 Å². The van der Waals surface area contributed by atoms with Crippen molar-refractivity contribution in [2.75, 3.05) is 13.2 Å². The van der Waals surface area contributed by atoms with Gasteiger partial charge in [0.25, 0.3) is 0 Å². The summed E-state index contributed by atoms with van der Waals surface area (Å²) in [6.45, 7) is 4.93. The van der Waals surface area contributed by atoms with Crippen LogP contribution in [-0.4, -0.2) is 47.4 Å². The van der Waals surface area contributed by atoms with Crippen molar-refractivity contribution in [3.8, 4) is 0 Å². The topological polar surface area (TPSA) is 95.9 Å². The SMILES string of the molecule is CCCCCC/C=C\C/C=C\CCCCCCCC(=O)OCCCCCCCC/C=C\CCCCCCCCCC(=O)NC(CO)C(O)CCCCCCCCCCCCCCCCCCCCCCCC. The van der Waals surface area contributed by atoms with Crippen LogP contribution in [0.2, 0.25) is 0 Å². The van der Waals surface area contributed by atoms with Crippen LogP contribution in [0.25, 0.3) is 0 Å². The van der Waals surface area contributed by atoms with Gasteiger partial charge in [-0.05, 0) is 83.5 Å². The summed E-state index contributed by atoms with van der Waals surface area (Å²) in [7, 11) is 0. The van der Waals surface area contributed by atoms with Gasteiger partial charge in [-0.25, -0.2) is 0 Å². The normalized spacial score (nSPS) is 12.8. The molecule has 6 heteroatoms. The Balaban J connectivity index is 3.46.